The fraction of sp³-hybridized carbons (Fsp3) is 0.200. The summed E-state index contributed by atoms with van der Waals surface area (Å²) < 4.78 is 28.1. The van der Waals surface area contributed by atoms with Crippen LogP contribution in [-0.4, -0.2) is 8.42 Å². The van der Waals surface area contributed by atoms with E-state index in [2.05, 4.69) is 20.7 Å². The second-order valence-electron chi connectivity index (χ2n) is 4.63. The zero-order valence-corrected chi connectivity index (χ0v) is 14.0. The van der Waals surface area contributed by atoms with E-state index in [-0.39, 0.29) is 4.90 Å². The van der Waals surface area contributed by atoms with Gasteiger partial charge >= 0.3 is 0 Å². The highest BCUT2D eigenvalue weighted by Gasteiger charge is 2.18. The van der Waals surface area contributed by atoms with E-state index >= 15 is 0 Å². The highest BCUT2D eigenvalue weighted by molar-refractivity contribution is 9.10. The van der Waals surface area contributed by atoms with Gasteiger partial charge in [-0.25, -0.2) is 8.42 Å². The van der Waals surface area contributed by atoms with Gasteiger partial charge in [-0.05, 0) is 57.7 Å². The molecule has 0 saturated heterocycles. The van der Waals surface area contributed by atoms with Crippen LogP contribution in [-0.2, 0) is 23.0 Å². The quantitative estimate of drug-likeness (QED) is 0.850. The van der Waals surface area contributed by atoms with E-state index < -0.39 is 10.0 Å². The molecule has 0 atom stereocenters. The summed E-state index contributed by atoms with van der Waals surface area (Å²) >= 11 is 3.28. The third kappa shape index (κ3) is 3.84. The molecule has 0 radical (unpaired) electrons. The van der Waals surface area contributed by atoms with E-state index in [1.54, 1.807) is 24.3 Å². The van der Waals surface area contributed by atoms with Crippen molar-refractivity contribution in [2.24, 2.45) is 5.73 Å². The number of halogens is 1. The molecular weight excluding hydrogens is 352 g/mol. The number of rotatable bonds is 5. The monoisotopic (exact) mass is 368 g/mol. The molecule has 4 nitrogen and oxygen atoms in total. The summed E-state index contributed by atoms with van der Waals surface area (Å²) in [7, 11) is -3.65. The van der Waals surface area contributed by atoms with Crippen molar-refractivity contribution in [3.63, 3.8) is 0 Å². The summed E-state index contributed by atoms with van der Waals surface area (Å²) in [4.78, 5) is 0.187. The maximum atomic E-state index is 12.5. The first kappa shape index (κ1) is 16.0. The second kappa shape index (κ2) is 6.60. The molecule has 2 aromatic carbocycles. The number of benzene rings is 2. The maximum Gasteiger partial charge on any atom is 0.263 e. The van der Waals surface area contributed by atoms with Crippen LogP contribution in [0.2, 0.25) is 0 Å². The highest BCUT2D eigenvalue weighted by atomic mass is 79.9. The Bertz CT molecular complexity index is 745. The Morgan fingerprint density at radius 2 is 1.90 bits per heavy atom. The molecule has 0 heterocycles. The van der Waals surface area contributed by atoms with Crippen molar-refractivity contribution in [1.82, 2.24) is 0 Å². The van der Waals surface area contributed by atoms with Crippen molar-refractivity contribution in [1.29, 1.82) is 0 Å². The lowest BCUT2D eigenvalue weighted by Gasteiger charge is -2.11. The van der Waals surface area contributed by atoms with Crippen LogP contribution in [0, 0.1) is 0 Å². The van der Waals surface area contributed by atoms with Gasteiger partial charge in [0.25, 0.3) is 10.0 Å². The number of hydrogen-bond acceptors (Lipinski definition) is 3. The predicted molar refractivity (Wildman–Crippen MR) is 88.7 cm³/mol. The Balaban J connectivity index is 2.38. The van der Waals surface area contributed by atoms with Gasteiger partial charge in [-0.2, -0.15) is 0 Å². The molecule has 0 fully saturated rings. The first-order valence-electron chi connectivity index (χ1n) is 6.56. The van der Waals surface area contributed by atoms with E-state index in [1.165, 1.54) is 0 Å². The standard InChI is InChI=1S/C15H17BrN2O2S/c1-2-11-4-3-5-13(8-11)18-21(19,20)15-9-12(10-17)6-7-14(15)16/h3-9,18H,2,10,17H2,1H3. The Morgan fingerprint density at radius 3 is 2.57 bits per heavy atom. The Hall–Kier alpha value is -1.37. The second-order valence-corrected chi connectivity index (χ2v) is 7.13. The van der Waals surface area contributed by atoms with Crippen LogP contribution in [0.25, 0.3) is 0 Å². The van der Waals surface area contributed by atoms with Crippen molar-refractivity contribution in [2.75, 3.05) is 4.72 Å². The molecule has 21 heavy (non-hydrogen) atoms. The molecule has 0 aliphatic rings. The SMILES string of the molecule is CCc1cccc(NS(=O)(=O)c2cc(CN)ccc2Br)c1. The summed E-state index contributed by atoms with van der Waals surface area (Å²) in [6, 6.07) is 12.4. The molecule has 0 unspecified atom stereocenters. The van der Waals surface area contributed by atoms with Crippen molar-refractivity contribution in [2.45, 2.75) is 24.8 Å². The molecule has 3 N–H and O–H groups in total. The van der Waals surface area contributed by atoms with Gasteiger partial charge in [-0.3, -0.25) is 4.72 Å². The summed E-state index contributed by atoms with van der Waals surface area (Å²) in [6.45, 7) is 2.32. The molecule has 112 valence electrons. The predicted octanol–water partition coefficient (Wildman–Crippen LogP) is 3.27. The van der Waals surface area contributed by atoms with Gasteiger partial charge in [0, 0.05) is 16.7 Å². The molecule has 0 amide bonds. The number of nitrogens with two attached hydrogens (primary N) is 1. The van der Waals surface area contributed by atoms with E-state index in [1.807, 2.05) is 25.1 Å². The van der Waals surface area contributed by atoms with Crippen LogP contribution in [0.1, 0.15) is 18.1 Å². The Labute approximate surface area is 133 Å². The van der Waals surface area contributed by atoms with Gasteiger partial charge in [-0.1, -0.05) is 25.1 Å². The lowest BCUT2D eigenvalue weighted by Crippen LogP contribution is -2.14. The number of nitrogens with one attached hydrogen (secondary N) is 1. The lowest BCUT2D eigenvalue weighted by atomic mass is 10.1. The van der Waals surface area contributed by atoms with Crippen molar-refractivity contribution >= 4 is 31.6 Å². The molecule has 0 aliphatic carbocycles. The van der Waals surface area contributed by atoms with E-state index in [0.29, 0.717) is 16.7 Å². The van der Waals surface area contributed by atoms with Gasteiger partial charge in [0.2, 0.25) is 0 Å². The van der Waals surface area contributed by atoms with Gasteiger partial charge < -0.3 is 5.73 Å². The number of hydrogen-bond donors (Lipinski definition) is 2. The molecule has 0 aliphatic heterocycles. The van der Waals surface area contributed by atoms with Crippen LogP contribution in [0.4, 0.5) is 5.69 Å². The van der Waals surface area contributed by atoms with Gasteiger partial charge in [0.05, 0.1) is 0 Å². The molecule has 2 aromatic rings. The topological polar surface area (TPSA) is 72.2 Å². The van der Waals surface area contributed by atoms with Gasteiger partial charge in [0.1, 0.15) is 4.90 Å². The number of anilines is 1. The average Bonchev–Trinajstić information content (AvgIpc) is 2.47. The van der Waals surface area contributed by atoms with Gasteiger partial charge in [-0.15, -0.1) is 0 Å². The lowest BCUT2D eigenvalue weighted by molar-refractivity contribution is 0.600. The van der Waals surface area contributed by atoms with Crippen LogP contribution < -0.4 is 10.5 Å². The number of sulfonamides is 1. The summed E-state index contributed by atoms with van der Waals surface area (Å²) in [5, 5.41) is 0. The number of aryl methyl sites for hydroxylation is 1. The third-order valence-corrected chi connectivity index (χ3v) is 5.48. The van der Waals surface area contributed by atoms with E-state index in [4.69, 9.17) is 5.73 Å². The highest BCUT2D eigenvalue weighted by Crippen LogP contribution is 2.25. The first-order chi connectivity index (χ1) is 9.96. The molecule has 6 heteroatoms. The normalized spacial score (nSPS) is 11.4. The van der Waals surface area contributed by atoms with Crippen LogP contribution in [0.15, 0.2) is 51.8 Å². The van der Waals surface area contributed by atoms with E-state index in [0.717, 1.165) is 17.5 Å². The van der Waals surface area contributed by atoms with E-state index in [9.17, 15) is 8.42 Å². The summed E-state index contributed by atoms with van der Waals surface area (Å²) in [5.74, 6) is 0. The molecule has 0 bridgehead atoms. The minimum Gasteiger partial charge on any atom is -0.326 e. The minimum absolute atomic E-state index is 0.187. The maximum absolute atomic E-state index is 12.5. The zero-order valence-electron chi connectivity index (χ0n) is 11.6. The Kier molecular flexibility index (Phi) is 5.03. The molecule has 0 saturated carbocycles. The largest absolute Gasteiger partial charge is 0.326 e. The smallest absolute Gasteiger partial charge is 0.263 e. The first-order valence-corrected chi connectivity index (χ1v) is 8.84. The van der Waals surface area contributed by atoms with Crippen LogP contribution in [0.5, 0.6) is 0 Å². The Morgan fingerprint density at radius 1 is 1.14 bits per heavy atom. The fourth-order valence-electron chi connectivity index (χ4n) is 1.95. The van der Waals surface area contributed by atoms with Crippen molar-refractivity contribution in [3.05, 3.63) is 58.1 Å². The fourth-order valence-corrected chi connectivity index (χ4v) is 4.01. The molecule has 0 aromatic heterocycles. The van der Waals surface area contributed by atoms with Crippen molar-refractivity contribution in [3.8, 4) is 0 Å². The third-order valence-electron chi connectivity index (χ3n) is 3.11. The molecule has 2 rings (SSSR count). The summed E-state index contributed by atoms with van der Waals surface area (Å²) in [5.41, 5.74) is 7.97. The van der Waals surface area contributed by atoms with Crippen molar-refractivity contribution < 1.29 is 8.42 Å². The van der Waals surface area contributed by atoms with Crippen LogP contribution >= 0.6 is 15.9 Å². The average molecular weight is 369 g/mol. The van der Waals surface area contributed by atoms with Crippen LogP contribution in [0.3, 0.4) is 0 Å². The van der Waals surface area contributed by atoms with Gasteiger partial charge in [0.15, 0.2) is 0 Å². The zero-order chi connectivity index (χ0) is 15.5. The minimum atomic E-state index is -3.65. The molecular formula is C15H17BrN2O2S. The summed E-state index contributed by atoms with van der Waals surface area (Å²) in [6.07, 6.45) is 0.849. The molecule has 0 spiro atoms.